The number of carbonyl (C=O) groups is 1. The summed E-state index contributed by atoms with van der Waals surface area (Å²) in [7, 11) is 0. The molecule has 0 heterocycles. The predicted octanol–water partition coefficient (Wildman–Crippen LogP) is 3.02. The Morgan fingerprint density at radius 2 is 2.04 bits per heavy atom. The molecule has 0 saturated heterocycles. The van der Waals surface area contributed by atoms with E-state index in [4.69, 9.17) is 4.74 Å². The zero-order valence-electron chi connectivity index (χ0n) is 14.7. The van der Waals surface area contributed by atoms with Gasteiger partial charge in [0.2, 0.25) is 0 Å². The van der Waals surface area contributed by atoms with E-state index in [-0.39, 0.29) is 43.1 Å². The summed E-state index contributed by atoms with van der Waals surface area (Å²) in [4.78, 5) is 11.9. The Bertz CT molecular complexity index is 517. The minimum absolute atomic E-state index is 0. The standard InChI is InChI=1S/C17H27BrN2O3.ClH/c1-5-14(10-21)19-9-12-8-13(18)6-7-15(12)23-11-16(22)20-17(2,3)4;/h6-8,14,19,21H,5,9-11H2,1-4H3,(H,20,22);1H. The van der Waals surface area contributed by atoms with Gasteiger partial charge in [-0.2, -0.15) is 0 Å². The molecule has 0 aliphatic rings. The Morgan fingerprint density at radius 3 is 2.58 bits per heavy atom. The molecule has 1 unspecified atom stereocenters. The predicted molar refractivity (Wildman–Crippen MR) is 103 cm³/mol. The SMILES string of the molecule is CCC(CO)NCc1cc(Br)ccc1OCC(=O)NC(C)(C)C.Cl. The van der Waals surface area contributed by atoms with Gasteiger partial charge in [-0.15, -0.1) is 12.4 Å². The van der Waals surface area contributed by atoms with E-state index < -0.39 is 0 Å². The van der Waals surface area contributed by atoms with Crippen molar-refractivity contribution in [2.24, 2.45) is 0 Å². The van der Waals surface area contributed by atoms with Gasteiger partial charge in [-0.05, 0) is 45.4 Å². The van der Waals surface area contributed by atoms with Crippen molar-refractivity contribution in [3.8, 4) is 5.75 Å². The molecule has 1 atom stereocenters. The van der Waals surface area contributed by atoms with Crippen LogP contribution in [0.4, 0.5) is 0 Å². The lowest BCUT2D eigenvalue weighted by molar-refractivity contribution is -0.124. The van der Waals surface area contributed by atoms with Gasteiger partial charge >= 0.3 is 0 Å². The first-order valence-electron chi connectivity index (χ1n) is 7.81. The fraction of sp³-hybridized carbons (Fsp3) is 0.588. The maximum atomic E-state index is 11.9. The van der Waals surface area contributed by atoms with Crippen LogP contribution >= 0.6 is 28.3 Å². The molecule has 24 heavy (non-hydrogen) atoms. The summed E-state index contributed by atoms with van der Waals surface area (Å²) in [5.41, 5.74) is 0.662. The molecule has 1 rings (SSSR count). The van der Waals surface area contributed by atoms with Gasteiger partial charge < -0.3 is 20.5 Å². The summed E-state index contributed by atoms with van der Waals surface area (Å²) >= 11 is 3.45. The number of carbonyl (C=O) groups excluding carboxylic acids is 1. The lowest BCUT2D eigenvalue weighted by atomic mass is 10.1. The Hall–Kier alpha value is -0.820. The summed E-state index contributed by atoms with van der Waals surface area (Å²) < 4.78 is 6.61. The highest BCUT2D eigenvalue weighted by Gasteiger charge is 2.15. The van der Waals surface area contributed by atoms with Crippen molar-refractivity contribution in [3.63, 3.8) is 0 Å². The topological polar surface area (TPSA) is 70.6 Å². The maximum Gasteiger partial charge on any atom is 0.258 e. The van der Waals surface area contributed by atoms with E-state index in [1.54, 1.807) is 0 Å². The van der Waals surface area contributed by atoms with Crippen LogP contribution in [-0.2, 0) is 11.3 Å². The van der Waals surface area contributed by atoms with Crippen molar-refractivity contribution in [3.05, 3.63) is 28.2 Å². The van der Waals surface area contributed by atoms with E-state index in [9.17, 15) is 9.90 Å². The van der Waals surface area contributed by atoms with Crippen LogP contribution in [0.5, 0.6) is 5.75 Å². The molecule has 138 valence electrons. The molecule has 1 aromatic rings. The summed E-state index contributed by atoms with van der Waals surface area (Å²) in [5.74, 6) is 0.513. The van der Waals surface area contributed by atoms with Crippen LogP contribution in [0.25, 0.3) is 0 Å². The smallest absolute Gasteiger partial charge is 0.258 e. The molecule has 1 amide bonds. The summed E-state index contributed by atoms with van der Waals surface area (Å²) in [6, 6.07) is 5.72. The van der Waals surface area contributed by atoms with Gasteiger partial charge in [0.05, 0.1) is 6.61 Å². The second-order valence-corrected chi connectivity index (χ2v) is 7.42. The van der Waals surface area contributed by atoms with Crippen LogP contribution < -0.4 is 15.4 Å². The third-order valence-corrected chi connectivity index (χ3v) is 3.68. The molecule has 7 heteroatoms. The Balaban J connectivity index is 0.00000529. The lowest BCUT2D eigenvalue weighted by Crippen LogP contribution is -2.43. The Kier molecular flexibility index (Phi) is 10.6. The molecule has 0 saturated carbocycles. The second-order valence-electron chi connectivity index (χ2n) is 6.51. The number of aliphatic hydroxyl groups excluding tert-OH is 1. The first-order valence-corrected chi connectivity index (χ1v) is 8.61. The number of aliphatic hydroxyl groups is 1. The Morgan fingerprint density at radius 1 is 1.38 bits per heavy atom. The third kappa shape index (κ3) is 8.87. The number of benzene rings is 1. The van der Waals surface area contributed by atoms with Crippen molar-refractivity contribution in [2.45, 2.75) is 52.2 Å². The lowest BCUT2D eigenvalue weighted by Gasteiger charge is -2.21. The van der Waals surface area contributed by atoms with Crippen molar-refractivity contribution >= 4 is 34.2 Å². The zero-order chi connectivity index (χ0) is 17.5. The van der Waals surface area contributed by atoms with Crippen LogP contribution in [0, 0.1) is 0 Å². The summed E-state index contributed by atoms with van der Waals surface area (Å²) in [5, 5.41) is 15.4. The van der Waals surface area contributed by atoms with Crippen LogP contribution in [0.2, 0.25) is 0 Å². The van der Waals surface area contributed by atoms with E-state index in [2.05, 4.69) is 26.6 Å². The average molecular weight is 424 g/mol. The number of halogens is 2. The quantitative estimate of drug-likeness (QED) is 0.601. The van der Waals surface area contributed by atoms with Gasteiger partial charge in [0.25, 0.3) is 5.91 Å². The first-order chi connectivity index (χ1) is 10.7. The van der Waals surface area contributed by atoms with E-state index >= 15 is 0 Å². The van der Waals surface area contributed by atoms with Gasteiger partial charge in [-0.1, -0.05) is 22.9 Å². The minimum Gasteiger partial charge on any atom is -0.483 e. The minimum atomic E-state index is -0.278. The third-order valence-electron chi connectivity index (χ3n) is 3.19. The second kappa shape index (κ2) is 10.9. The fourth-order valence-corrected chi connectivity index (χ4v) is 2.43. The van der Waals surface area contributed by atoms with Crippen LogP contribution in [-0.4, -0.2) is 35.8 Å². The molecular formula is C17H28BrClN2O3. The molecule has 0 radical (unpaired) electrons. The molecule has 5 nitrogen and oxygen atoms in total. The highest BCUT2D eigenvalue weighted by atomic mass is 79.9. The molecule has 0 aliphatic carbocycles. The van der Waals surface area contributed by atoms with Crippen molar-refractivity contribution in [1.82, 2.24) is 10.6 Å². The number of ether oxygens (including phenoxy) is 1. The van der Waals surface area contributed by atoms with Gasteiger partial charge in [0.1, 0.15) is 5.75 Å². The number of rotatable bonds is 8. The highest BCUT2D eigenvalue weighted by molar-refractivity contribution is 9.10. The molecule has 1 aromatic carbocycles. The van der Waals surface area contributed by atoms with Crippen LogP contribution in [0.15, 0.2) is 22.7 Å². The van der Waals surface area contributed by atoms with Crippen LogP contribution in [0.1, 0.15) is 39.7 Å². The fourth-order valence-electron chi connectivity index (χ4n) is 2.02. The van der Waals surface area contributed by atoms with Gasteiger partial charge in [0, 0.05) is 28.2 Å². The number of nitrogens with one attached hydrogen (secondary N) is 2. The normalized spacial score (nSPS) is 12.2. The van der Waals surface area contributed by atoms with Gasteiger partial charge in [0.15, 0.2) is 6.61 Å². The van der Waals surface area contributed by atoms with Crippen molar-refractivity contribution < 1.29 is 14.6 Å². The molecule has 0 fully saturated rings. The molecular weight excluding hydrogens is 396 g/mol. The van der Waals surface area contributed by atoms with E-state index in [0.717, 1.165) is 16.5 Å². The monoisotopic (exact) mass is 422 g/mol. The van der Waals surface area contributed by atoms with Crippen molar-refractivity contribution in [1.29, 1.82) is 0 Å². The number of amides is 1. The maximum absolute atomic E-state index is 11.9. The largest absolute Gasteiger partial charge is 0.483 e. The molecule has 0 aliphatic heterocycles. The molecule has 0 spiro atoms. The molecule has 3 N–H and O–H groups in total. The highest BCUT2D eigenvalue weighted by Crippen LogP contribution is 2.23. The van der Waals surface area contributed by atoms with E-state index in [1.807, 2.05) is 45.9 Å². The number of hydrogen-bond acceptors (Lipinski definition) is 4. The molecule has 0 bridgehead atoms. The van der Waals surface area contributed by atoms with Gasteiger partial charge in [-0.3, -0.25) is 4.79 Å². The summed E-state index contributed by atoms with van der Waals surface area (Å²) in [6.07, 6.45) is 0.842. The van der Waals surface area contributed by atoms with Crippen molar-refractivity contribution in [2.75, 3.05) is 13.2 Å². The zero-order valence-corrected chi connectivity index (χ0v) is 17.1. The molecule has 0 aromatic heterocycles. The number of hydrogen-bond donors (Lipinski definition) is 3. The average Bonchev–Trinajstić information content (AvgIpc) is 2.45. The first kappa shape index (κ1) is 23.2. The van der Waals surface area contributed by atoms with Crippen LogP contribution in [0.3, 0.4) is 0 Å². The van der Waals surface area contributed by atoms with E-state index in [1.165, 1.54) is 0 Å². The van der Waals surface area contributed by atoms with Gasteiger partial charge in [-0.25, -0.2) is 0 Å². The summed E-state index contributed by atoms with van der Waals surface area (Å²) in [6.45, 7) is 8.44. The Labute approximate surface area is 159 Å². The van der Waals surface area contributed by atoms with E-state index in [0.29, 0.717) is 12.3 Å².